The summed E-state index contributed by atoms with van der Waals surface area (Å²) in [5, 5.41) is 6.90. The van der Waals surface area contributed by atoms with Crippen molar-refractivity contribution < 1.29 is 18.4 Å². The number of nitrogens with zero attached hydrogens (tertiary/aromatic N) is 1. The van der Waals surface area contributed by atoms with E-state index >= 15 is 0 Å². The van der Waals surface area contributed by atoms with Gasteiger partial charge in [-0.25, -0.2) is 4.39 Å². The molecule has 6 heteroatoms. The van der Waals surface area contributed by atoms with E-state index in [1.165, 1.54) is 12.1 Å². The van der Waals surface area contributed by atoms with Crippen molar-refractivity contribution in [3.63, 3.8) is 0 Å². The maximum absolute atomic E-state index is 13.6. The largest absolute Gasteiger partial charge is 0.381 e. The average molecular weight is 318 g/mol. The number of ether oxygens (including phenoxy) is 1. The minimum Gasteiger partial charge on any atom is -0.381 e. The lowest BCUT2D eigenvalue weighted by Gasteiger charge is -2.38. The van der Waals surface area contributed by atoms with Gasteiger partial charge in [0.25, 0.3) is 0 Å². The van der Waals surface area contributed by atoms with Crippen molar-refractivity contribution in [3.05, 3.63) is 53.2 Å². The van der Waals surface area contributed by atoms with Crippen molar-refractivity contribution in [2.24, 2.45) is 0 Å². The molecule has 3 rings (SSSR count). The van der Waals surface area contributed by atoms with Crippen molar-refractivity contribution in [2.45, 2.75) is 31.7 Å². The molecule has 0 aliphatic carbocycles. The summed E-state index contributed by atoms with van der Waals surface area (Å²) in [5.74, 6) is 0.193. The Balaban J connectivity index is 1.80. The molecule has 2 aromatic rings. The summed E-state index contributed by atoms with van der Waals surface area (Å²) in [6.07, 6.45) is 1.36. The monoisotopic (exact) mass is 318 g/mol. The predicted molar refractivity (Wildman–Crippen MR) is 81.2 cm³/mol. The van der Waals surface area contributed by atoms with Crippen LogP contribution in [0.1, 0.15) is 29.9 Å². The molecule has 2 heterocycles. The quantitative estimate of drug-likeness (QED) is 0.940. The van der Waals surface area contributed by atoms with Crippen LogP contribution in [0.3, 0.4) is 0 Å². The molecule has 0 atom stereocenters. The van der Waals surface area contributed by atoms with Crippen LogP contribution in [0.5, 0.6) is 0 Å². The van der Waals surface area contributed by atoms with E-state index in [0.717, 1.165) is 5.56 Å². The third kappa shape index (κ3) is 3.59. The van der Waals surface area contributed by atoms with Gasteiger partial charge in [-0.3, -0.25) is 4.79 Å². The number of aromatic nitrogens is 1. The molecule has 0 bridgehead atoms. The Kier molecular flexibility index (Phi) is 4.43. The van der Waals surface area contributed by atoms with Crippen molar-refractivity contribution >= 4 is 5.91 Å². The van der Waals surface area contributed by atoms with Crippen molar-refractivity contribution in [1.82, 2.24) is 10.5 Å². The molecule has 23 heavy (non-hydrogen) atoms. The van der Waals surface area contributed by atoms with E-state index < -0.39 is 5.54 Å². The first kappa shape index (κ1) is 15.7. The molecular weight excluding hydrogens is 299 g/mol. The zero-order chi connectivity index (χ0) is 16.3. The Morgan fingerprint density at radius 2 is 2.13 bits per heavy atom. The van der Waals surface area contributed by atoms with E-state index in [2.05, 4.69) is 10.5 Å². The molecule has 1 aromatic carbocycles. The van der Waals surface area contributed by atoms with Crippen LogP contribution in [0, 0.1) is 12.7 Å². The van der Waals surface area contributed by atoms with Crippen molar-refractivity contribution in [1.29, 1.82) is 0 Å². The molecule has 122 valence electrons. The molecule has 1 N–H and O–H groups in total. The normalized spacial score (nSPS) is 17.0. The minimum atomic E-state index is -0.601. The minimum absolute atomic E-state index is 0.134. The fraction of sp³-hybridized carbons (Fsp3) is 0.412. The smallest absolute Gasteiger partial charge is 0.226 e. The number of amides is 1. The van der Waals surface area contributed by atoms with Crippen LogP contribution in [-0.2, 0) is 21.5 Å². The van der Waals surface area contributed by atoms with Crippen LogP contribution < -0.4 is 5.32 Å². The summed E-state index contributed by atoms with van der Waals surface area (Å²) in [6, 6.07) is 8.12. The molecule has 1 amide bonds. The Bertz CT molecular complexity index is 693. The Morgan fingerprint density at radius 3 is 2.78 bits per heavy atom. The first-order valence-corrected chi connectivity index (χ1v) is 7.64. The molecule has 1 aromatic heterocycles. The van der Waals surface area contributed by atoms with E-state index in [1.54, 1.807) is 19.1 Å². The van der Waals surface area contributed by atoms with Crippen LogP contribution in [0.15, 0.2) is 34.9 Å². The van der Waals surface area contributed by atoms with Gasteiger partial charge in [0, 0.05) is 19.3 Å². The summed E-state index contributed by atoms with van der Waals surface area (Å²) < 4.78 is 24.0. The molecule has 0 radical (unpaired) electrons. The molecule has 5 nitrogen and oxygen atoms in total. The van der Waals surface area contributed by atoms with E-state index in [-0.39, 0.29) is 18.1 Å². The lowest BCUT2D eigenvalue weighted by atomic mass is 9.82. The van der Waals surface area contributed by atoms with E-state index in [0.29, 0.717) is 37.5 Å². The average Bonchev–Trinajstić information content (AvgIpc) is 2.93. The Morgan fingerprint density at radius 1 is 1.35 bits per heavy atom. The van der Waals surface area contributed by atoms with Gasteiger partial charge in [0.05, 0.1) is 17.7 Å². The van der Waals surface area contributed by atoms with E-state index in [4.69, 9.17) is 9.26 Å². The highest BCUT2D eigenvalue weighted by atomic mass is 19.1. The molecule has 0 saturated carbocycles. The fourth-order valence-corrected chi connectivity index (χ4v) is 2.97. The van der Waals surface area contributed by atoms with Crippen LogP contribution in [0.4, 0.5) is 4.39 Å². The second-order valence-corrected chi connectivity index (χ2v) is 5.86. The number of rotatable bonds is 4. The fourth-order valence-electron chi connectivity index (χ4n) is 2.97. The highest BCUT2D eigenvalue weighted by molar-refractivity contribution is 5.79. The number of halogens is 1. The van der Waals surface area contributed by atoms with Gasteiger partial charge in [-0.05, 0) is 37.5 Å². The molecule has 1 saturated heterocycles. The number of benzene rings is 1. The molecule has 0 unspecified atom stereocenters. The van der Waals surface area contributed by atoms with Gasteiger partial charge in [-0.1, -0.05) is 17.3 Å². The van der Waals surface area contributed by atoms with Gasteiger partial charge < -0.3 is 14.6 Å². The summed E-state index contributed by atoms with van der Waals surface area (Å²) in [7, 11) is 0. The van der Waals surface area contributed by atoms with Gasteiger partial charge in [0.2, 0.25) is 5.91 Å². The van der Waals surface area contributed by atoms with Gasteiger partial charge in [-0.2, -0.15) is 0 Å². The number of aryl methyl sites for hydroxylation is 1. The number of hydrogen-bond donors (Lipinski definition) is 1. The van der Waals surface area contributed by atoms with Gasteiger partial charge >= 0.3 is 0 Å². The highest BCUT2D eigenvalue weighted by Crippen LogP contribution is 2.32. The topological polar surface area (TPSA) is 64.4 Å². The SMILES string of the molecule is Cc1cc(CC(=O)NC2(c3cccc(F)c3)CCOCC2)no1. The van der Waals surface area contributed by atoms with Crippen molar-refractivity contribution in [2.75, 3.05) is 13.2 Å². The first-order chi connectivity index (χ1) is 11.1. The maximum Gasteiger partial charge on any atom is 0.226 e. The zero-order valence-corrected chi connectivity index (χ0v) is 13.0. The maximum atomic E-state index is 13.6. The third-order valence-corrected chi connectivity index (χ3v) is 4.12. The van der Waals surface area contributed by atoms with Gasteiger partial charge in [0.15, 0.2) is 0 Å². The van der Waals surface area contributed by atoms with E-state index in [1.807, 2.05) is 6.07 Å². The first-order valence-electron chi connectivity index (χ1n) is 7.64. The molecule has 1 fully saturated rings. The Labute approximate surface area is 133 Å². The molecule has 1 aliphatic rings. The zero-order valence-electron chi connectivity index (χ0n) is 13.0. The molecule has 1 aliphatic heterocycles. The van der Waals surface area contributed by atoms with Crippen LogP contribution in [0.25, 0.3) is 0 Å². The summed E-state index contributed by atoms with van der Waals surface area (Å²) in [6.45, 7) is 2.83. The summed E-state index contributed by atoms with van der Waals surface area (Å²) in [5.41, 5.74) is 0.753. The number of carbonyl (C=O) groups excluding carboxylic acids is 1. The number of carbonyl (C=O) groups is 1. The lowest BCUT2D eigenvalue weighted by Crippen LogP contribution is -2.50. The van der Waals surface area contributed by atoms with Crippen molar-refractivity contribution in [3.8, 4) is 0 Å². The lowest BCUT2D eigenvalue weighted by molar-refractivity contribution is -0.124. The highest BCUT2D eigenvalue weighted by Gasteiger charge is 2.36. The third-order valence-electron chi connectivity index (χ3n) is 4.12. The van der Waals surface area contributed by atoms with Crippen LogP contribution in [-0.4, -0.2) is 24.3 Å². The van der Waals surface area contributed by atoms with Crippen LogP contribution >= 0.6 is 0 Å². The summed E-state index contributed by atoms with van der Waals surface area (Å²) in [4.78, 5) is 12.4. The second-order valence-electron chi connectivity index (χ2n) is 5.86. The second kappa shape index (κ2) is 6.50. The number of nitrogens with one attached hydrogen (secondary N) is 1. The molecular formula is C17H19FN2O3. The molecule has 0 spiro atoms. The van der Waals surface area contributed by atoms with Gasteiger partial charge in [0.1, 0.15) is 11.6 Å². The number of hydrogen-bond acceptors (Lipinski definition) is 4. The van der Waals surface area contributed by atoms with Gasteiger partial charge in [-0.15, -0.1) is 0 Å². The van der Waals surface area contributed by atoms with Crippen LogP contribution in [0.2, 0.25) is 0 Å². The predicted octanol–water partition coefficient (Wildman–Crippen LogP) is 2.49. The summed E-state index contributed by atoms with van der Waals surface area (Å²) >= 11 is 0. The van der Waals surface area contributed by atoms with E-state index in [9.17, 15) is 9.18 Å². The standard InChI is InChI=1S/C17H19FN2O3/c1-12-9-15(20-23-12)11-16(21)19-17(5-7-22-8-6-17)13-3-2-4-14(18)10-13/h2-4,9-10H,5-8,11H2,1H3,(H,19,21). The Hall–Kier alpha value is -2.21.